The van der Waals surface area contributed by atoms with Gasteiger partial charge >= 0.3 is 0 Å². The van der Waals surface area contributed by atoms with Crippen LogP contribution in [-0.2, 0) is 24.6 Å². The van der Waals surface area contributed by atoms with E-state index in [9.17, 15) is 16.8 Å². The molecule has 0 radical (unpaired) electrons. The lowest BCUT2D eigenvalue weighted by Crippen LogP contribution is -2.49. The molecule has 2 aliphatic rings. The first-order valence-corrected chi connectivity index (χ1v) is 9.38. The summed E-state index contributed by atoms with van der Waals surface area (Å²) in [5, 5.41) is 8.12. The van der Waals surface area contributed by atoms with Crippen LogP contribution in [0.15, 0.2) is 0 Å². The molecule has 2 aliphatic heterocycles. The molecule has 0 aromatic rings. The molecule has 0 aliphatic carbocycles. The monoisotopic (exact) mass is 308 g/mol. The molecule has 108 valence electrons. The zero-order chi connectivity index (χ0) is 14.1. The molecule has 1 atom stereocenters. The van der Waals surface area contributed by atoms with Gasteiger partial charge in [-0.25, -0.2) is 16.8 Å². The summed E-state index contributed by atoms with van der Waals surface area (Å²) in [6.07, 6.45) is -0.464. The number of sulfone groups is 1. The van der Waals surface area contributed by atoms with Gasteiger partial charge in [-0.3, -0.25) is 0 Å². The molecule has 0 spiro atoms. The molecule has 0 amide bonds. The van der Waals surface area contributed by atoms with E-state index in [2.05, 4.69) is 0 Å². The zero-order valence-corrected chi connectivity index (χ0v) is 12.0. The van der Waals surface area contributed by atoms with E-state index in [1.807, 2.05) is 6.07 Å². The fourth-order valence-electron chi connectivity index (χ4n) is 2.31. The number of nitriles is 1. The smallest absolute Gasteiger partial charge is 0.217 e. The number of rotatable bonds is 2. The van der Waals surface area contributed by atoms with Crippen LogP contribution < -0.4 is 0 Å². The highest BCUT2D eigenvalue weighted by Gasteiger charge is 2.38. The molecule has 9 heteroatoms. The van der Waals surface area contributed by atoms with Crippen molar-refractivity contribution in [2.45, 2.75) is 24.2 Å². The SMILES string of the molecule is N#CC1CN(S(=O)(=O)C2CCS(=O)(=O)CC2)CCO1. The average Bonchev–Trinajstić information content (AvgIpc) is 2.38. The molecule has 1 unspecified atom stereocenters. The van der Waals surface area contributed by atoms with Gasteiger partial charge in [0.15, 0.2) is 6.10 Å². The number of ether oxygens (including phenoxy) is 1. The minimum Gasteiger partial charge on any atom is -0.361 e. The van der Waals surface area contributed by atoms with Crippen LogP contribution >= 0.6 is 0 Å². The summed E-state index contributed by atoms with van der Waals surface area (Å²) in [6.45, 7) is 0.453. The molecule has 2 rings (SSSR count). The third kappa shape index (κ3) is 3.25. The molecule has 7 nitrogen and oxygen atoms in total. The number of nitrogens with zero attached hydrogens (tertiary/aromatic N) is 2. The van der Waals surface area contributed by atoms with E-state index in [0.29, 0.717) is 0 Å². The number of morpholine rings is 1. The van der Waals surface area contributed by atoms with Crippen LogP contribution in [0.2, 0.25) is 0 Å². The predicted octanol–water partition coefficient (Wildman–Crippen LogP) is -0.882. The molecule has 19 heavy (non-hydrogen) atoms. The van der Waals surface area contributed by atoms with Crippen LogP contribution in [0.25, 0.3) is 0 Å². The highest BCUT2D eigenvalue weighted by atomic mass is 32.2. The maximum absolute atomic E-state index is 12.4. The van der Waals surface area contributed by atoms with Crippen molar-refractivity contribution in [3.05, 3.63) is 0 Å². The van der Waals surface area contributed by atoms with E-state index < -0.39 is 31.2 Å². The van der Waals surface area contributed by atoms with Gasteiger partial charge in [-0.15, -0.1) is 0 Å². The maximum atomic E-state index is 12.4. The molecule has 0 aromatic carbocycles. The molecule has 2 fully saturated rings. The van der Waals surface area contributed by atoms with Crippen LogP contribution in [-0.4, -0.2) is 63.7 Å². The summed E-state index contributed by atoms with van der Waals surface area (Å²) in [5.41, 5.74) is 0. The Bertz CT molecular complexity index is 564. The van der Waals surface area contributed by atoms with Crippen LogP contribution in [0.1, 0.15) is 12.8 Å². The van der Waals surface area contributed by atoms with Crippen molar-refractivity contribution in [3.8, 4) is 6.07 Å². The molecule has 0 aromatic heterocycles. The second-order valence-electron chi connectivity index (χ2n) is 4.74. The maximum Gasteiger partial charge on any atom is 0.217 e. The second-order valence-corrected chi connectivity index (χ2v) is 9.26. The van der Waals surface area contributed by atoms with Gasteiger partial charge in [-0.1, -0.05) is 0 Å². The van der Waals surface area contributed by atoms with Crippen molar-refractivity contribution in [2.24, 2.45) is 0 Å². The lowest BCUT2D eigenvalue weighted by molar-refractivity contribution is 0.0307. The Morgan fingerprint density at radius 1 is 1.26 bits per heavy atom. The molecular weight excluding hydrogens is 292 g/mol. The molecule has 2 saturated heterocycles. The second kappa shape index (κ2) is 5.36. The van der Waals surface area contributed by atoms with Gasteiger partial charge in [0.25, 0.3) is 0 Å². The largest absolute Gasteiger partial charge is 0.361 e. The van der Waals surface area contributed by atoms with Gasteiger partial charge in [-0.05, 0) is 12.8 Å². The lowest BCUT2D eigenvalue weighted by Gasteiger charge is -2.33. The Labute approximate surface area is 113 Å². The normalized spacial score (nSPS) is 29.7. The van der Waals surface area contributed by atoms with Crippen molar-refractivity contribution in [1.82, 2.24) is 4.31 Å². The molecule has 2 heterocycles. The summed E-state index contributed by atoms with van der Waals surface area (Å²) in [5.74, 6) is -0.161. The van der Waals surface area contributed by atoms with E-state index in [1.54, 1.807) is 0 Å². The Kier molecular flexibility index (Phi) is 4.15. The van der Waals surface area contributed by atoms with E-state index >= 15 is 0 Å². The summed E-state index contributed by atoms with van der Waals surface area (Å²) in [7, 11) is -6.62. The minimum absolute atomic E-state index is 0.0298. The topological polar surface area (TPSA) is 105 Å². The standard InChI is InChI=1S/C10H16N2O5S2/c11-7-9-8-12(3-4-17-9)19(15,16)10-1-5-18(13,14)6-2-10/h9-10H,1-6,8H2. The third-order valence-corrected chi connectivity index (χ3v) is 7.54. The number of hydrogen-bond donors (Lipinski definition) is 0. The molecular formula is C10H16N2O5S2. The van der Waals surface area contributed by atoms with Crippen molar-refractivity contribution in [3.63, 3.8) is 0 Å². The van der Waals surface area contributed by atoms with Gasteiger partial charge in [0.2, 0.25) is 10.0 Å². The molecule has 0 bridgehead atoms. The van der Waals surface area contributed by atoms with Crippen molar-refractivity contribution in [2.75, 3.05) is 31.2 Å². The highest BCUT2D eigenvalue weighted by Crippen LogP contribution is 2.23. The summed E-state index contributed by atoms with van der Waals surface area (Å²) >= 11 is 0. The highest BCUT2D eigenvalue weighted by molar-refractivity contribution is 7.92. The van der Waals surface area contributed by atoms with E-state index in [4.69, 9.17) is 10.00 Å². The van der Waals surface area contributed by atoms with Gasteiger partial charge in [0, 0.05) is 6.54 Å². The third-order valence-electron chi connectivity index (χ3n) is 3.46. The molecule has 0 N–H and O–H groups in total. The van der Waals surface area contributed by atoms with E-state index in [1.165, 1.54) is 4.31 Å². The number of hydrogen-bond acceptors (Lipinski definition) is 6. The first kappa shape index (κ1) is 14.7. The quantitative estimate of drug-likeness (QED) is 0.656. The van der Waals surface area contributed by atoms with Crippen molar-refractivity contribution < 1.29 is 21.6 Å². The van der Waals surface area contributed by atoms with Crippen molar-refractivity contribution in [1.29, 1.82) is 5.26 Å². The fraction of sp³-hybridized carbons (Fsp3) is 0.900. The van der Waals surface area contributed by atoms with Crippen LogP contribution in [0.5, 0.6) is 0 Å². The number of sulfonamides is 1. The lowest BCUT2D eigenvalue weighted by atomic mass is 10.2. The Hall–Kier alpha value is -0.690. The van der Waals surface area contributed by atoms with Crippen LogP contribution in [0.3, 0.4) is 0 Å². The Balaban J connectivity index is 2.08. The molecule has 0 saturated carbocycles. The Morgan fingerprint density at radius 3 is 2.47 bits per heavy atom. The van der Waals surface area contributed by atoms with Gasteiger partial charge in [0.1, 0.15) is 9.84 Å². The van der Waals surface area contributed by atoms with E-state index in [-0.39, 0.29) is 44.0 Å². The fourth-order valence-corrected chi connectivity index (χ4v) is 6.03. The van der Waals surface area contributed by atoms with Crippen LogP contribution in [0, 0.1) is 11.3 Å². The van der Waals surface area contributed by atoms with Gasteiger partial charge < -0.3 is 4.74 Å². The minimum atomic E-state index is -3.54. The average molecular weight is 308 g/mol. The van der Waals surface area contributed by atoms with Gasteiger partial charge in [-0.2, -0.15) is 9.57 Å². The summed E-state index contributed by atoms with van der Waals surface area (Å²) in [6, 6.07) is 1.90. The van der Waals surface area contributed by atoms with E-state index in [0.717, 1.165) is 0 Å². The Morgan fingerprint density at radius 2 is 1.89 bits per heavy atom. The summed E-state index contributed by atoms with van der Waals surface area (Å²) in [4.78, 5) is 0. The summed E-state index contributed by atoms with van der Waals surface area (Å²) < 4.78 is 53.8. The predicted molar refractivity (Wildman–Crippen MR) is 67.5 cm³/mol. The first-order valence-electron chi connectivity index (χ1n) is 6.06. The first-order chi connectivity index (χ1) is 8.85. The van der Waals surface area contributed by atoms with Crippen LogP contribution in [0.4, 0.5) is 0 Å². The van der Waals surface area contributed by atoms with Crippen molar-refractivity contribution >= 4 is 19.9 Å². The van der Waals surface area contributed by atoms with Gasteiger partial charge in [0.05, 0.1) is 36.0 Å². The zero-order valence-electron chi connectivity index (χ0n) is 10.4.